The van der Waals surface area contributed by atoms with Gasteiger partial charge in [-0.05, 0) is 13.3 Å². The first kappa shape index (κ1) is 13.7. The lowest BCUT2D eigenvalue weighted by atomic mass is 10.1. The summed E-state index contributed by atoms with van der Waals surface area (Å²) in [6.45, 7) is 5.58. The molecule has 0 radical (unpaired) electrons. The number of aliphatic hydroxyl groups excluding tert-OH is 1. The van der Waals surface area contributed by atoms with Gasteiger partial charge in [-0.3, -0.25) is 0 Å². The lowest BCUT2D eigenvalue weighted by Crippen LogP contribution is -2.09. The van der Waals surface area contributed by atoms with Gasteiger partial charge in [0.15, 0.2) is 0 Å². The molecule has 1 rings (SSSR count). The van der Waals surface area contributed by atoms with Crippen molar-refractivity contribution >= 4 is 5.82 Å². The van der Waals surface area contributed by atoms with Crippen LogP contribution in [0.1, 0.15) is 32.3 Å². The number of hydrogen-bond acceptors (Lipinski definition) is 5. The van der Waals surface area contributed by atoms with E-state index in [1.165, 1.54) is 6.33 Å². The van der Waals surface area contributed by atoms with E-state index in [1.54, 1.807) is 0 Å². The van der Waals surface area contributed by atoms with E-state index in [0.717, 1.165) is 30.8 Å². The minimum atomic E-state index is 0.133. The molecule has 5 heteroatoms. The third kappa shape index (κ3) is 4.19. The van der Waals surface area contributed by atoms with Crippen molar-refractivity contribution in [3.8, 4) is 5.88 Å². The largest absolute Gasteiger partial charge is 0.477 e. The van der Waals surface area contributed by atoms with Gasteiger partial charge >= 0.3 is 0 Å². The van der Waals surface area contributed by atoms with Crippen molar-refractivity contribution in [2.75, 3.05) is 25.1 Å². The molecule has 1 heterocycles. The van der Waals surface area contributed by atoms with Crippen LogP contribution < -0.4 is 10.1 Å². The molecule has 2 N–H and O–H groups in total. The van der Waals surface area contributed by atoms with Gasteiger partial charge in [0.2, 0.25) is 5.88 Å². The van der Waals surface area contributed by atoms with Crippen LogP contribution in [-0.2, 0) is 6.42 Å². The Hall–Kier alpha value is -1.36. The topological polar surface area (TPSA) is 67.3 Å². The molecule has 0 amide bonds. The SMILES string of the molecule is CCCc1c(NCC)ncnc1OCCCO. The number of anilines is 1. The first-order chi connectivity index (χ1) is 8.33. The summed E-state index contributed by atoms with van der Waals surface area (Å²) < 4.78 is 5.57. The zero-order valence-corrected chi connectivity index (χ0v) is 10.6. The van der Waals surface area contributed by atoms with Crippen LogP contribution in [0.3, 0.4) is 0 Å². The van der Waals surface area contributed by atoms with Crippen LogP contribution in [0.4, 0.5) is 5.82 Å². The summed E-state index contributed by atoms with van der Waals surface area (Å²) in [5.74, 6) is 1.48. The molecule has 0 saturated heterocycles. The first-order valence-electron chi connectivity index (χ1n) is 6.14. The van der Waals surface area contributed by atoms with Crippen molar-refractivity contribution in [3.63, 3.8) is 0 Å². The van der Waals surface area contributed by atoms with Crippen molar-refractivity contribution in [1.29, 1.82) is 0 Å². The second-order valence-corrected chi connectivity index (χ2v) is 3.71. The average Bonchev–Trinajstić information content (AvgIpc) is 2.33. The van der Waals surface area contributed by atoms with E-state index in [2.05, 4.69) is 22.2 Å². The predicted octanol–water partition coefficient (Wildman–Crippen LogP) is 1.62. The van der Waals surface area contributed by atoms with E-state index < -0.39 is 0 Å². The maximum Gasteiger partial charge on any atom is 0.221 e. The summed E-state index contributed by atoms with van der Waals surface area (Å²) in [5.41, 5.74) is 1.02. The molecular formula is C12H21N3O2. The summed E-state index contributed by atoms with van der Waals surface area (Å²) in [5, 5.41) is 11.9. The molecule has 0 aliphatic carbocycles. The Morgan fingerprint density at radius 1 is 1.35 bits per heavy atom. The van der Waals surface area contributed by atoms with Gasteiger partial charge in [-0.1, -0.05) is 13.3 Å². The van der Waals surface area contributed by atoms with Crippen LogP contribution in [0.5, 0.6) is 5.88 Å². The molecule has 17 heavy (non-hydrogen) atoms. The molecule has 0 aliphatic rings. The Kier molecular flexibility index (Phi) is 6.32. The van der Waals surface area contributed by atoms with Crippen molar-refractivity contribution in [3.05, 3.63) is 11.9 Å². The number of aliphatic hydroxyl groups is 1. The number of nitrogens with one attached hydrogen (secondary N) is 1. The van der Waals surface area contributed by atoms with E-state index in [4.69, 9.17) is 9.84 Å². The average molecular weight is 239 g/mol. The van der Waals surface area contributed by atoms with E-state index in [0.29, 0.717) is 18.9 Å². The molecule has 1 aromatic rings. The fourth-order valence-electron chi connectivity index (χ4n) is 1.55. The minimum absolute atomic E-state index is 0.133. The van der Waals surface area contributed by atoms with Gasteiger partial charge in [0.25, 0.3) is 0 Å². The predicted molar refractivity (Wildman–Crippen MR) is 67.4 cm³/mol. The van der Waals surface area contributed by atoms with Gasteiger partial charge in [-0.2, -0.15) is 0 Å². The normalized spacial score (nSPS) is 10.3. The number of ether oxygens (including phenoxy) is 1. The third-order valence-corrected chi connectivity index (χ3v) is 2.29. The maximum atomic E-state index is 8.73. The Balaban J connectivity index is 2.81. The molecule has 0 atom stereocenters. The molecule has 0 bridgehead atoms. The van der Waals surface area contributed by atoms with Crippen LogP contribution in [0.25, 0.3) is 0 Å². The van der Waals surface area contributed by atoms with Crippen LogP contribution in [-0.4, -0.2) is 34.8 Å². The van der Waals surface area contributed by atoms with E-state index in [9.17, 15) is 0 Å². The van der Waals surface area contributed by atoms with Crippen LogP contribution in [0.15, 0.2) is 6.33 Å². The minimum Gasteiger partial charge on any atom is -0.477 e. The smallest absolute Gasteiger partial charge is 0.221 e. The highest BCUT2D eigenvalue weighted by atomic mass is 16.5. The summed E-state index contributed by atoms with van der Waals surface area (Å²) in [6, 6.07) is 0. The Labute approximate surface area is 102 Å². The lowest BCUT2D eigenvalue weighted by molar-refractivity contribution is 0.228. The van der Waals surface area contributed by atoms with Crippen LogP contribution in [0.2, 0.25) is 0 Å². The second kappa shape index (κ2) is 7.84. The zero-order chi connectivity index (χ0) is 12.5. The van der Waals surface area contributed by atoms with Crippen molar-refractivity contribution < 1.29 is 9.84 Å². The Morgan fingerprint density at radius 3 is 2.82 bits per heavy atom. The second-order valence-electron chi connectivity index (χ2n) is 3.71. The number of hydrogen-bond donors (Lipinski definition) is 2. The molecule has 1 aromatic heterocycles. The van der Waals surface area contributed by atoms with Gasteiger partial charge < -0.3 is 15.2 Å². The molecule has 0 spiro atoms. The summed E-state index contributed by atoms with van der Waals surface area (Å²) >= 11 is 0. The molecule has 0 aliphatic heterocycles. The number of nitrogens with zero attached hydrogens (tertiary/aromatic N) is 2. The van der Waals surface area contributed by atoms with E-state index in [1.807, 2.05) is 6.92 Å². The zero-order valence-electron chi connectivity index (χ0n) is 10.6. The summed E-state index contributed by atoms with van der Waals surface area (Å²) in [4.78, 5) is 8.38. The van der Waals surface area contributed by atoms with Crippen molar-refractivity contribution in [2.24, 2.45) is 0 Å². The number of aromatic nitrogens is 2. The molecular weight excluding hydrogens is 218 g/mol. The van der Waals surface area contributed by atoms with Crippen molar-refractivity contribution in [1.82, 2.24) is 9.97 Å². The highest BCUT2D eigenvalue weighted by Crippen LogP contribution is 2.23. The first-order valence-corrected chi connectivity index (χ1v) is 6.14. The van der Waals surface area contributed by atoms with Gasteiger partial charge in [0.05, 0.1) is 12.2 Å². The highest BCUT2D eigenvalue weighted by Gasteiger charge is 2.11. The van der Waals surface area contributed by atoms with E-state index >= 15 is 0 Å². The maximum absolute atomic E-state index is 8.73. The summed E-state index contributed by atoms with van der Waals surface area (Å²) in [6.07, 6.45) is 4.03. The quantitative estimate of drug-likeness (QED) is 0.675. The Morgan fingerprint density at radius 2 is 2.18 bits per heavy atom. The Bertz CT molecular complexity index is 332. The summed E-state index contributed by atoms with van der Waals surface area (Å²) in [7, 11) is 0. The molecule has 96 valence electrons. The molecule has 0 unspecified atom stereocenters. The van der Waals surface area contributed by atoms with Gasteiger partial charge in [-0.25, -0.2) is 9.97 Å². The fraction of sp³-hybridized carbons (Fsp3) is 0.667. The molecule has 0 fully saturated rings. The fourth-order valence-corrected chi connectivity index (χ4v) is 1.55. The lowest BCUT2D eigenvalue weighted by Gasteiger charge is -2.13. The van der Waals surface area contributed by atoms with Crippen LogP contribution >= 0.6 is 0 Å². The van der Waals surface area contributed by atoms with Gasteiger partial charge in [0.1, 0.15) is 12.1 Å². The molecule has 0 aromatic carbocycles. The number of rotatable bonds is 8. The van der Waals surface area contributed by atoms with Gasteiger partial charge in [-0.15, -0.1) is 0 Å². The monoisotopic (exact) mass is 239 g/mol. The van der Waals surface area contributed by atoms with Crippen molar-refractivity contribution in [2.45, 2.75) is 33.1 Å². The van der Waals surface area contributed by atoms with Crippen LogP contribution in [0, 0.1) is 0 Å². The highest BCUT2D eigenvalue weighted by molar-refractivity contribution is 5.48. The molecule has 0 saturated carbocycles. The van der Waals surface area contributed by atoms with E-state index in [-0.39, 0.29) is 6.61 Å². The standard InChI is InChI=1S/C12H21N3O2/c1-3-6-10-11(13-4-2)14-9-15-12(10)17-8-5-7-16/h9,16H,3-8H2,1-2H3,(H,13,14,15). The molecule has 5 nitrogen and oxygen atoms in total. The third-order valence-electron chi connectivity index (χ3n) is 2.29. The van der Waals surface area contributed by atoms with Gasteiger partial charge in [0, 0.05) is 19.6 Å².